The lowest BCUT2D eigenvalue weighted by Crippen LogP contribution is -2.31. The summed E-state index contributed by atoms with van der Waals surface area (Å²) in [6.07, 6.45) is 6.29. The second-order valence-corrected chi connectivity index (χ2v) is 6.06. The second kappa shape index (κ2) is 6.27. The minimum Gasteiger partial charge on any atom is -0.342 e. The monoisotopic (exact) mass is 259 g/mol. The molecular formula is C18H29N. The summed E-state index contributed by atoms with van der Waals surface area (Å²) in [6.45, 7) is 19.7. The standard InChI is InChI=1S/C18H29N/c1-9-11-16-15(10-2)17(12(3)4)18(13(5)6)19(16)14(7)8/h9-14H,1H2,2-8H3/b15-10+,16-11+. The predicted octanol–water partition coefficient (Wildman–Crippen LogP) is 4.08. The van der Waals surface area contributed by atoms with E-state index in [4.69, 9.17) is 0 Å². The van der Waals surface area contributed by atoms with Gasteiger partial charge in [-0.2, -0.15) is 0 Å². The van der Waals surface area contributed by atoms with Crippen LogP contribution in [0.3, 0.4) is 0 Å². The molecular weight excluding hydrogens is 230 g/mol. The van der Waals surface area contributed by atoms with E-state index in [1.807, 2.05) is 6.08 Å². The first kappa shape index (κ1) is 15.8. The van der Waals surface area contributed by atoms with Gasteiger partial charge in [-0.25, -0.2) is 0 Å². The highest BCUT2D eigenvalue weighted by molar-refractivity contribution is 5.44. The van der Waals surface area contributed by atoms with E-state index in [1.54, 1.807) is 0 Å². The van der Waals surface area contributed by atoms with Gasteiger partial charge in [0.25, 0.3) is 0 Å². The lowest BCUT2D eigenvalue weighted by molar-refractivity contribution is 0.542. The van der Waals surface area contributed by atoms with Gasteiger partial charge in [0.05, 0.1) is 0 Å². The Bertz CT molecular complexity index is 553. The quantitative estimate of drug-likeness (QED) is 0.768. The largest absolute Gasteiger partial charge is 0.342 e. The molecule has 0 radical (unpaired) electrons. The fraction of sp³-hybridized carbons (Fsp3) is 0.556. The summed E-state index contributed by atoms with van der Waals surface area (Å²) in [6, 6.07) is 0.467. The van der Waals surface area contributed by atoms with Gasteiger partial charge in [-0.05, 0) is 49.5 Å². The molecule has 19 heavy (non-hydrogen) atoms. The molecule has 1 aromatic rings. The zero-order valence-electron chi connectivity index (χ0n) is 13.6. The van der Waals surface area contributed by atoms with Crippen LogP contribution in [0.15, 0.2) is 12.7 Å². The summed E-state index contributed by atoms with van der Waals surface area (Å²) in [4.78, 5) is 0. The van der Waals surface area contributed by atoms with Gasteiger partial charge < -0.3 is 4.57 Å². The Kier molecular flexibility index (Phi) is 5.22. The van der Waals surface area contributed by atoms with Crippen molar-refractivity contribution in [1.29, 1.82) is 0 Å². The molecule has 1 nitrogen and oxygen atoms in total. The van der Waals surface area contributed by atoms with Crippen LogP contribution < -0.4 is 10.6 Å². The summed E-state index contributed by atoms with van der Waals surface area (Å²) in [5, 5.41) is 2.69. The number of hydrogen-bond donors (Lipinski definition) is 0. The first-order chi connectivity index (χ1) is 8.86. The van der Waals surface area contributed by atoms with Gasteiger partial charge in [0.1, 0.15) is 0 Å². The van der Waals surface area contributed by atoms with Crippen LogP contribution in [0.1, 0.15) is 77.6 Å². The van der Waals surface area contributed by atoms with Crippen LogP contribution in [0, 0.1) is 0 Å². The van der Waals surface area contributed by atoms with Gasteiger partial charge in [0.15, 0.2) is 0 Å². The first-order valence-electron chi connectivity index (χ1n) is 7.39. The van der Waals surface area contributed by atoms with Gasteiger partial charge >= 0.3 is 0 Å². The Hall–Kier alpha value is -1.24. The molecule has 1 aromatic heterocycles. The highest BCUT2D eigenvalue weighted by Gasteiger charge is 2.20. The molecule has 1 rings (SSSR count). The molecule has 0 aliphatic carbocycles. The molecule has 0 amide bonds. The Morgan fingerprint density at radius 3 is 1.89 bits per heavy atom. The van der Waals surface area contributed by atoms with Crippen molar-refractivity contribution in [2.45, 2.75) is 66.3 Å². The fourth-order valence-corrected chi connectivity index (χ4v) is 3.00. The highest BCUT2D eigenvalue weighted by Crippen LogP contribution is 2.25. The van der Waals surface area contributed by atoms with E-state index in [0.29, 0.717) is 17.9 Å². The van der Waals surface area contributed by atoms with E-state index in [9.17, 15) is 0 Å². The summed E-state index contributed by atoms with van der Waals surface area (Å²) >= 11 is 0. The zero-order chi connectivity index (χ0) is 14.7. The van der Waals surface area contributed by atoms with E-state index >= 15 is 0 Å². The van der Waals surface area contributed by atoms with Crippen molar-refractivity contribution in [1.82, 2.24) is 4.57 Å². The van der Waals surface area contributed by atoms with Gasteiger partial charge in [-0.3, -0.25) is 0 Å². The van der Waals surface area contributed by atoms with Gasteiger partial charge in [0, 0.05) is 17.1 Å². The molecule has 106 valence electrons. The Morgan fingerprint density at radius 2 is 1.58 bits per heavy atom. The predicted molar refractivity (Wildman–Crippen MR) is 87.0 cm³/mol. The smallest absolute Gasteiger partial charge is 0.0484 e. The zero-order valence-corrected chi connectivity index (χ0v) is 13.6. The van der Waals surface area contributed by atoms with Crippen molar-refractivity contribution in [3.8, 4) is 0 Å². The SMILES string of the molecule is C=C/C=c1\c(=C/C)c(C(C)C)c(C(C)C)n1C(C)C. The highest BCUT2D eigenvalue weighted by atomic mass is 15.0. The van der Waals surface area contributed by atoms with Crippen LogP contribution in [0.2, 0.25) is 0 Å². The van der Waals surface area contributed by atoms with Gasteiger partial charge in [0.2, 0.25) is 0 Å². The van der Waals surface area contributed by atoms with Crippen molar-refractivity contribution in [3.63, 3.8) is 0 Å². The van der Waals surface area contributed by atoms with Crippen LogP contribution in [-0.2, 0) is 0 Å². The van der Waals surface area contributed by atoms with Crippen LogP contribution in [-0.4, -0.2) is 4.57 Å². The number of nitrogens with zero attached hydrogens (tertiary/aromatic N) is 1. The lowest BCUT2D eigenvalue weighted by Gasteiger charge is -2.19. The molecule has 0 fully saturated rings. The maximum Gasteiger partial charge on any atom is 0.0484 e. The number of allylic oxidation sites excluding steroid dienone is 1. The van der Waals surface area contributed by atoms with Gasteiger partial charge in [-0.1, -0.05) is 46.4 Å². The van der Waals surface area contributed by atoms with Crippen LogP contribution in [0.25, 0.3) is 12.2 Å². The molecule has 1 heterocycles. The van der Waals surface area contributed by atoms with Crippen molar-refractivity contribution in [3.05, 3.63) is 34.5 Å². The second-order valence-electron chi connectivity index (χ2n) is 6.06. The van der Waals surface area contributed by atoms with Crippen molar-refractivity contribution >= 4 is 12.2 Å². The van der Waals surface area contributed by atoms with E-state index < -0.39 is 0 Å². The third kappa shape index (κ3) is 2.86. The molecule has 0 aromatic carbocycles. The minimum atomic E-state index is 0.467. The molecule has 1 heteroatoms. The average molecular weight is 259 g/mol. The third-order valence-electron chi connectivity index (χ3n) is 3.57. The molecule has 0 saturated heterocycles. The molecule has 0 saturated carbocycles. The number of rotatable bonds is 4. The normalized spacial score (nSPS) is 14.2. The summed E-state index contributed by atoms with van der Waals surface area (Å²) in [7, 11) is 0. The van der Waals surface area contributed by atoms with E-state index in [0.717, 1.165) is 0 Å². The molecule has 0 aliphatic heterocycles. The first-order valence-corrected chi connectivity index (χ1v) is 7.39. The Balaban J connectivity index is 4.00. The van der Waals surface area contributed by atoms with E-state index in [1.165, 1.54) is 21.8 Å². The molecule has 0 aliphatic rings. The van der Waals surface area contributed by atoms with Crippen LogP contribution >= 0.6 is 0 Å². The van der Waals surface area contributed by atoms with Crippen molar-refractivity contribution < 1.29 is 0 Å². The summed E-state index contributed by atoms with van der Waals surface area (Å²) in [5.41, 5.74) is 2.98. The van der Waals surface area contributed by atoms with Crippen molar-refractivity contribution in [2.24, 2.45) is 0 Å². The fourth-order valence-electron chi connectivity index (χ4n) is 3.00. The lowest BCUT2D eigenvalue weighted by atomic mass is 9.95. The number of hydrogen-bond acceptors (Lipinski definition) is 0. The topological polar surface area (TPSA) is 4.93 Å². The molecule has 0 N–H and O–H groups in total. The van der Waals surface area contributed by atoms with Crippen LogP contribution in [0.5, 0.6) is 0 Å². The maximum atomic E-state index is 3.88. The van der Waals surface area contributed by atoms with Crippen molar-refractivity contribution in [2.75, 3.05) is 0 Å². The maximum absolute atomic E-state index is 3.88. The van der Waals surface area contributed by atoms with Gasteiger partial charge in [-0.15, -0.1) is 0 Å². The third-order valence-corrected chi connectivity index (χ3v) is 3.57. The molecule has 0 spiro atoms. The van der Waals surface area contributed by atoms with Crippen LogP contribution in [0.4, 0.5) is 0 Å². The number of aromatic nitrogens is 1. The molecule has 0 atom stereocenters. The Labute approximate surface area is 118 Å². The Morgan fingerprint density at radius 1 is 1.00 bits per heavy atom. The summed E-state index contributed by atoms with van der Waals surface area (Å²) < 4.78 is 2.48. The van der Waals surface area contributed by atoms with E-state index in [2.05, 4.69) is 71.8 Å². The van der Waals surface area contributed by atoms with E-state index in [-0.39, 0.29) is 0 Å². The average Bonchev–Trinajstić information content (AvgIpc) is 2.64. The molecule has 0 bridgehead atoms. The molecule has 0 unspecified atom stereocenters. The minimum absolute atomic E-state index is 0.467. The summed E-state index contributed by atoms with van der Waals surface area (Å²) in [5.74, 6) is 1.08.